The van der Waals surface area contributed by atoms with Gasteiger partial charge in [-0.05, 0) is 45.4 Å². The van der Waals surface area contributed by atoms with Crippen molar-refractivity contribution in [1.82, 2.24) is 15.3 Å². The summed E-state index contributed by atoms with van der Waals surface area (Å²) in [6.07, 6.45) is 1.61. The summed E-state index contributed by atoms with van der Waals surface area (Å²) in [5, 5.41) is 3.50. The molecule has 0 aliphatic heterocycles. The Balaban J connectivity index is 1.93. The van der Waals surface area contributed by atoms with Gasteiger partial charge in [0.2, 0.25) is 5.91 Å². The number of nitrogens with one attached hydrogen (secondary N) is 2. The molecule has 1 aromatic carbocycles. The zero-order valence-electron chi connectivity index (χ0n) is 16.1. The molecule has 3 rings (SSSR count). The molecule has 146 valence electrons. The minimum absolute atomic E-state index is 0.172. The Morgan fingerprint density at radius 3 is 2.57 bits per heavy atom. The van der Waals surface area contributed by atoms with E-state index in [1.165, 1.54) is 6.07 Å². The Labute approximate surface area is 160 Å². The number of pyridine rings is 2. The van der Waals surface area contributed by atoms with Crippen LogP contribution in [-0.2, 0) is 4.79 Å². The highest BCUT2D eigenvalue weighted by Crippen LogP contribution is 2.25. The molecule has 0 radical (unpaired) electrons. The Kier molecular flexibility index (Phi) is 5.27. The third kappa shape index (κ3) is 3.52. The lowest BCUT2D eigenvalue weighted by atomic mass is 9.93. The molecule has 7 heteroatoms. The van der Waals surface area contributed by atoms with E-state index in [2.05, 4.69) is 15.3 Å². The first-order valence-corrected chi connectivity index (χ1v) is 8.94. The molecule has 2 aromatic heterocycles. The summed E-state index contributed by atoms with van der Waals surface area (Å²) < 4.78 is 27.1. The van der Waals surface area contributed by atoms with E-state index in [1.807, 2.05) is 6.92 Å². The molecular weight excluding hydrogens is 364 g/mol. The van der Waals surface area contributed by atoms with Crippen LogP contribution < -0.4 is 10.9 Å². The topological polar surface area (TPSA) is 74.8 Å². The lowest BCUT2D eigenvalue weighted by molar-refractivity contribution is -0.122. The first-order chi connectivity index (χ1) is 13.2. The predicted octanol–water partition coefficient (Wildman–Crippen LogP) is 3.80. The Morgan fingerprint density at radius 2 is 1.89 bits per heavy atom. The number of H-pyrrole nitrogens is 1. The molecule has 0 spiro atoms. The van der Waals surface area contributed by atoms with Gasteiger partial charge in [-0.15, -0.1) is 0 Å². The summed E-state index contributed by atoms with van der Waals surface area (Å²) in [6.45, 7) is 6.85. The lowest BCUT2D eigenvalue weighted by Gasteiger charge is -2.20. The average Bonchev–Trinajstić information content (AvgIpc) is 2.61. The highest BCUT2D eigenvalue weighted by atomic mass is 19.1. The van der Waals surface area contributed by atoms with Gasteiger partial charge >= 0.3 is 0 Å². The van der Waals surface area contributed by atoms with E-state index >= 15 is 0 Å². The van der Waals surface area contributed by atoms with Crippen molar-refractivity contribution in [3.63, 3.8) is 0 Å². The SMILES string of the molecule is Cc1nccc2[nH]c(=O)c([C@H](C)C(=O)N[C@@H](C)c3ccc(F)cc3F)c(C)c12. The standard InChI is InChI=1S/C21H21F2N3O2/c1-10-18(21(28)26-17-7-8-24-13(4)19(10)17)11(2)20(27)25-12(3)15-6-5-14(22)9-16(15)23/h5-9,11-12H,1-4H3,(H,25,27)(H,26,28)/t11-,12-/m0/s1. The van der Waals surface area contributed by atoms with E-state index in [4.69, 9.17) is 0 Å². The van der Waals surface area contributed by atoms with Gasteiger partial charge in [-0.3, -0.25) is 14.6 Å². The summed E-state index contributed by atoms with van der Waals surface area (Å²) >= 11 is 0. The zero-order valence-corrected chi connectivity index (χ0v) is 16.1. The van der Waals surface area contributed by atoms with E-state index < -0.39 is 29.5 Å². The summed E-state index contributed by atoms with van der Waals surface area (Å²) in [5.41, 5.74) is 2.26. The fraction of sp³-hybridized carbons (Fsp3) is 0.286. The van der Waals surface area contributed by atoms with E-state index in [9.17, 15) is 18.4 Å². The van der Waals surface area contributed by atoms with Gasteiger partial charge in [0.05, 0.1) is 17.5 Å². The Morgan fingerprint density at radius 1 is 1.18 bits per heavy atom. The molecule has 1 amide bonds. The Bertz CT molecular complexity index is 1120. The number of hydrogen-bond donors (Lipinski definition) is 2. The molecule has 0 fully saturated rings. The summed E-state index contributed by atoms with van der Waals surface area (Å²) in [5.74, 6) is -2.61. The summed E-state index contributed by atoms with van der Waals surface area (Å²) in [7, 11) is 0. The fourth-order valence-corrected chi connectivity index (χ4v) is 3.56. The number of rotatable bonds is 4. The van der Waals surface area contributed by atoms with Gasteiger partial charge in [-0.25, -0.2) is 8.78 Å². The fourth-order valence-electron chi connectivity index (χ4n) is 3.56. The van der Waals surface area contributed by atoms with Gasteiger partial charge < -0.3 is 10.3 Å². The van der Waals surface area contributed by atoms with Crippen LogP contribution in [0.15, 0.2) is 35.3 Å². The summed E-state index contributed by atoms with van der Waals surface area (Å²) in [4.78, 5) is 32.4. The molecule has 2 heterocycles. The van der Waals surface area contributed by atoms with Crippen LogP contribution in [0.25, 0.3) is 10.9 Å². The maximum Gasteiger partial charge on any atom is 0.252 e. The average molecular weight is 385 g/mol. The minimum Gasteiger partial charge on any atom is -0.349 e. The molecule has 3 aromatic rings. The van der Waals surface area contributed by atoms with Gasteiger partial charge in [0, 0.05) is 34.5 Å². The molecule has 0 unspecified atom stereocenters. The van der Waals surface area contributed by atoms with Gasteiger partial charge in [0.25, 0.3) is 5.56 Å². The van der Waals surface area contributed by atoms with Crippen molar-refractivity contribution in [2.24, 2.45) is 0 Å². The number of benzene rings is 1. The van der Waals surface area contributed by atoms with Crippen molar-refractivity contribution in [3.05, 3.63) is 74.8 Å². The maximum absolute atomic E-state index is 14.0. The second kappa shape index (κ2) is 7.50. The van der Waals surface area contributed by atoms with Crippen molar-refractivity contribution in [2.75, 3.05) is 0 Å². The zero-order chi connectivity index (χ0) is 20.6. The number of carbonyl (C=O) groups is 1. The van der Waals surface area contributed by atoms with Crippen molar-refractivity contribution in [1.29, 1.82) is 0 Å². The Hall–Kier alpha value is -3.09. The van der Waals surface area contributed by atoms with Crippen LogP contribution in [0.1, 0.15) is 48.2 Å². The number of nitrogens with zero attached hydrogens (tertiary/aromatic N) is 1. The van der Waals surface area contributed by atoms with Crippen molar-refractivity contribution >= 4 is 16.8 Å². The normalized spacial score (nSPS) is 13.4. The number of amides is 1. The predicted molar refractivity (Wildman–Crippen MR) is 103 cm³/mol. The van der Waals surface area contributed by atoms with Gasteiger partial charge in [-0.1, -0.05) is 6.07 Å². The van der Waals surface area contributed by atoms with E-state index in [1.54, 1.807) is 33.0 Å². The van der Waals surface area contributed by atoms with Crippen molar-refractivity contribution in [2.45, 2.75) is 39.7 Å². The van der Waals surface area contributed by atoms with E-state index in [0.717, 1.165) is 23.2 Å². The number of aromatic amines is 1. The largest absolute Gasteiger partial charge is 0.349 e. The number of fused-ring (bicyclic) bond motifs is 1. The monoisotopic (exact) mass is 385 g/mol. The molecule has 5 nitrogen and oxygen atoms in total. The lowest BCUT2D eigenvalue weighted by Crippen LogP contribution is -2.34. The summed E-state index contributed by atoms with van der Waals surface area (Å²) in [6, 6.07) is 4.24. The van der Waals surface area contributed by atoms with Crippen LogP contribution in [0.5, 0.6) is 0 Å². The van der Waals surface area contributed by atoms with E-state index in [-0.39, 0.29) is 11.1 Å². The molecule has 0 aliphatic carbocycles. The minimum atomic E-state index is -0.765. The van der Waals surface area contributed by atoms with Crippen LogP contribution in [0.2, 0.25) is 0 Å². The van der Waals surface area contributed by atoms with Gasteiger partial charge in [0.1, 0.15) is 11.6 Å². The number of aryl methyl sites for hydroxylation is 2. The van der Waals surface area contributed by atoms with Crippen LogP contribution in [0, 0.1) is 25.5 Å². The molecule has 0 aliphatic rings. The van der Waals surface area contributed by atoms with Crippen molar-refractivity contribution < 1.29 is 13.6 Å². The van der Waals surface area contributed by atoms with E-state index in [0.29, 0.717) is 16.6 Å². The maximum atomic E-state index is 14.0. The smallest absolute Gasteiger partial charge is 0.252 e. The van der Waals surface area contributed by atoms with Crippen LogP contribution in [0.3, 0.4) is 0 Å². The molecule has 0 bridgehead atoms. The third-order valence-corrected chi connectivity index (χ3v) is 5.03. The molecule has 0 saturated carbocycles. The highest BCUT2D eigenvalue weighted by molar-refractivity contribution is 5.89. The third-order valence-electron chi connectivity index (χ3n) is 5.03. The van der Waals surface area contributed by atoms with Crippen molar-refractivity contribution in [3.8, 4) is 0 Å². The second-order valence-electron chi connectivity index (χ2n) is 6.93. The molecule has 0 saturated heterocycles. The molecule has 2 N–H and O–H groups in total. The molecule has 28 heavy (non-hydrogen) atoms. The van der Waals surface area contributed by atoms with Crippen LogP contribution in [0.4, 0.5) is 8.78 Å². The number of hydrogen-bond acceptors (Lipinski definition) is 3. The van der Waals surface area contributed by atoms with Crippen LogP contribution in [-0.4, -0.2) is 15.9 Å². The first kappa shape index (κ1) is 19.7. The molecule has 2 atom stereocenters. The molecular formula is C21H21F2N3O2. The first-order valence-electron chi connectivity index (χ1n) is 8.94. The highest BCUT2D eigenvalue weighted by Gasteiger charge is 2.25. The van der Waals surface area contributed by atoms with Gasteiger partial charge in [0.15, 0.2) is 0 Å². The van der Waals surface area contributed by atoms with Gasteiger partial charge in [-0.2, -0.15) is 0 Å². The number of halogens is 2. The number of carbonyl (C=O) groups excluding carboxylic acids is 1. The second-order valence-corrected chi connectivity index (χ2v) is 6.93. The number of aromatic nitrogens is 2. The quantitative estimate of drug-likeness (QED) is 0.717. The van der Waals surface area contributed by atoms with Crippen LogP contribution >= 0.6 is 0 Å².